The maximum atomic E-state index is 12.4. The van der Waals surface area contributed by atoms with Crippen LogP contribution in [0.4, 0.5) is 0 Å². The lowest BCUT2D eigenvalue weighted by atomic mass is 9.79. The molecular formula is C63H66O8. The highest BCUT2D eigenvalue weighted by Gasteiger charge is 2.23. The Kier molecular flexibility index (Phi) is 19.2. The average molecular weight is 951 g/mol. The Morgan fingerprint density at radius 2 is 0.775 bits per heavy atom. The van der Waals surface area contributed by atoms with Crippen LogP contribution in [-0.4, -0.2) is 30.0 Å². The molecule has 2 aliphatic carbocycles. The van der Waals surface area contributed by atoms with Gasteiger partial charge in [-0.25, -0.2) is 19.2 Å². The maximum Gasteiger partial charge on any atom is 0.343 e. The number of hydrogen-bond acceptors (Lipinski definition) is 8. The second-order valence-corrected chi connectivity index (χ2v) is 18.6. The van der Waals surface area contributed by atoms with Gasteiger partial charge >= 0.3 is 23.9 Å². The van der Waals surface area contributed by atoms with Gasteiger partial charge in [-0.3, -0.25) is 0 Å². The van der Waals surface area contributed by atoms with E-state index in [0.29, 0.717) is 45.4 Å². The minimum atomic E-state index is -0.451. The highest BCUT2D eigenvalue weighted by molar-refractivity contribution is 5.93. The van der Waals surface area contributed by atoms with E-state index in [2.05, 4.69) is 45.7 Å². The van der Waals surface area contributed by atoms with Crippen LogP contribution >= 0.6 is 0 Å². The van der Waals surface area contributed by atoms with Gasteiger partial charge in [0.15, 0.2) is 0 Å². The predicted molar refractivity (Wildman–Crippen MR) is 285 cm³/mol. The second kappa shape index (κ2) is 25.9. The minimum Gasteiger partial charge on any atom is -0.459 e. The van der Waals surface area contributed by atoms with Crippen molar-refractivity contribution < 1.29 is 38.1 Å². The van der Waals surface area contributed by atoms with Crippen molar-refractivity contribution in [2.24, 2.45) is 11.8 Å². The summed E-state index contributed by atoms with van der Waals surface area (Å²) in [6.45, 7) is 21.3. The highest BCUT2D eigenvalue weighted by Crippen LogP contribution is 2.36. The molecule has 6 aromatic rings. The molecule has 6 aromatic carbocycles. The Bertz CT molecular complexity index is 2750. The lowest BCUT2D eigenvalue weighted by molar-refractivity contribution is 0.0173. The normalized spacial score (nSPS) is 17.0. The number of ether oxygens (including phenoxy) is 4. The van der Waals surface area contributed by atoms with Gasteiger partial charge in [0.2, 0.25) is 0 Å². The summed E-state index contributed by atoms with van der Waals surface area (Å²) < 4.78 is 22.1. The van der Waals surface area contributed by atoms with Crippen molar-refractivity contribution in [2.75, 3.05) is 0 Å². The molecule has 0 aromatic heterocycles. The molecule has 0 bridgehead atoms. The lowest BCUT2D eigenvalue weighted by Gasteiger charge is -2.26. The molecule has 0 aliphatic heterocycles. The quantitative estimate of drug-likeness (QED) is 0.0882. The molecule has 366 valence electrons. The monoisotopic (exact) mass is 950 g/mol. The van der Waals surface area contributed by atoms with Crippen LogP contribution in [0.2, 0.25) is 0 Å². The predicted octanol–water partition coefficient (Wildman–Crippen LogP) is 15.6. The number of aryl methyl sites for hydroxylation is 1. The third kappa shape index (κ3) is 15.5. The number of carbonyl (C=O) groups excluding carboxylic acids is 4. The lowest BCUT2D eigenvalue weighted by Crippen LogP contribution is -2.23. The SMILES string of the molecule is C=Cc1ccc(C(=O)OC2CCC(C)CC2)cc1.C=Cc1ccc(C(=O)Oc2ccc(C3CCC(C)CC3)cc2)cc1.C=Cc1ccc(C(=O)Oc2ccc(OC(=O)c3ccc(C)cc3)c(C)c2C)cc1. The third-order valence-corrected chi connectivity index (χ3v) is 13.3. The topological polar surface area (TPSA) is 105 Å². The van der Waals surface area contributed by atoms with Crippen LogP contribution < -0.4 is 14.2 Å². The van der Waals surface area contributed by atoms with Crippen LogP contribution in [0.5, 0.6) is 17.2 Å². The molecule has 0 N–H and O–H groups in total. The van der Waals surface area contributed by atoms with Crippen LogP contribution in [0.3, 0.4) is 0 Å². The van der Waals surface area contributed by atoms with Crippen LogP contribution in [-0.2, 0) is 4.74 Å². The van der Waals surface area contributed by atoms with Crippen LogP contribution in [0.1, 0.15) is 152 Å². The van der Waals surface area contributed by atoms with Gasteiger partial charge in [0.25, 0.3) is 0 Å². The Morgan fingerprint density at radius 1 is 0.423 bits per heavy atom. The molecule has 0 saturated heterocycles. The van der Waals surface area contributed by atoms with E-state index in [9.17, 15) is 19.2 Å². The summed E-state index contributed by atoms with van der Waals surface area (Å²) in [5.74, 6) is 2.32. The van der Waals surface area contributed by atoms with Crippen molar-refractivity contribution in [1.29, 1.82) is 0 Å². The van der Waals surface area contributed by atoms with Gasteiger partial charge in [0.1, 0.15) is 23.4 Å². The van der Waals surface area contributed by atoms with Crippen LogP contribution in [0.15, 0.2) is 153 Å². The van der Waals surface area contributed by atoms with Gasteiger partial charge in [-0.05, 0) is 183 Å². The Hall–Kier alpha value is -7.58. The molecule has 8 heteroatoms. The van der Waals surface area contributed by atoms with E-state index >= 15 is 0 Å². The third-order valence-electron chi connectivity index (χ3n) is 13.3. The first-order chi connectivity index (χ1) is 34.2. The fraction of sp³-hybridized carbons (Fsp3) is 0.270. The molecule has 0 atom stereocenters. The van der Waals surface area contributed by atoms with E-state index in [0.717, 1.165) is 70.9 Å². The van der Waals surface area contributed by atoms with Crippen molar-refractivity contribution >= 4 is 42.1 Å². The van der Waals surface area contributed by atoms with E-state index in [1.165, 1.54) is 31.2 Å². The first-order valence-electron chi connectivity index (χ1n) is 24.5. The molecule has 2 aliphatic rings. The molecular weight excluding hydrogens is 885 g/mol. The van der Waals surface area contributed by atoms with Crippen LogP contribution in [0, 0.1) is 32.6 Å². The molecule has 2 fully saturated rings. The fourth-order valence-corrected chi connectivity index (χ4v) is 8.40. The molecule has 71 heavy (non-hydrogen) atoms. The largest absolute Gasteiger partial charge is 0.459 e. The molecule has 8 nitrogen and oxygen atoms in total. The van der Waals surface area contributed by atoms with Gasteiger partial charge in [0, 0.05) is 0 Å². The number of carbonyl (C=O) groups is 4. The summed E-state index contributed by atoms with van der Waals surface area (Å²) in [5, 5.41) is 0. The molecule has 0 heterocycles. The van der Waals surface area contributed by atoms with Gasteiger partial charge < -0.3 is 18.9 Å². The van der Waals surface area contributed by atoms with Crippen molar-refractivity contribution in [3.63, 3.8) is 0 Å². The average Bonchev–Trinajstić information content (AvgIpc) is 3.40. The molecule has 2 saturated carbocycles. The summed E-state index contributed by atoms with van der Waals surface area (Å²) in [5.41, 5.74) is 8.91. The summed E-state index contributed by atoms with van der Waals surface area (Å²) in [4.78, 5) is 48.9. The number of hydrogen-bond donors (Lipinski definition) is 0. The second-order valence-electron chi connectivity index (χ2n) is 18.6. The summed E-state index contributed by atoms with van der Waals surface area (Å²) in [6, 6.07) is 40.0. The Morgan fingerprint density at radius 3 is 1.17 bits per heavy atom. The zero-order valence-electron chi connectivity index (χ0n) is 41.8. The zero-order chi connectivity index (χ0) is 50.9. The first-order valence-corrected chi connectivity index (χ1v) is 24.5. The minimum absolute atomic E-state index is 0.104. The number of esters is 4. The Labute approximate surface area is 420 Å². The molecule has 0 radical (unpaired) electrons. The smallest absolute Gasteiger partial charge is 0.343 e. The van der Waals surface area contributed by atoms with Crippen molar-refractivity contribution in [2.45, 2.75) is 98.0 Å². The van der Waals surface area contributed by atoms with Gasteiger partial charge in [-0.2, -0.15) is 0 Å². The van der Waals surface area contributed by atoms with E-state index < -0.39 is 11.9 Å². The van der Waals surface area contributed by atoms with E-state index in [4.69, 9.17) is 18.9 Å². The molecule has 0 spiro atoms. The Balaban J connectivity index is 0.000000179. The van der Waals surface area contributed by atoms with E-state index in [1.807, 2.05) is 69.3 Å². The van der Waals surface area contributed by atoms with Crippen molar-refractivity contribution in [3.05, 3.63) is 214 Å². The molecule has 0 amide bonds. The number of rotatable bonds is 12. The maximum absolute atomic E-state index is 12.4. The number of benzene rings is 6. The summed E-state index contributed by atoms with van der Waals surface area (Å²) in [7, 11) is 0. The zero-order valence-corrected chi connectivity index (χ0v) is 41.8. The summed E-state index contributed by atoms with van der Waals surface area (Å²) in [6.07, 6.45) is 14.8. The van der Waals surface area contributed by atoms with Crippen molar-refractivity contribution in [3.8, 4) is 17.2 Å². The fourth-order valence-electron chi connectivity index (χ4n) is 8.40. The van der Waals surface area contributed by atoms with E-state index in [1.54, 1.807) is 91.0 Å². The standard InChI is InChI=1S/C25H22O4.C22H24O2.C16H20O2/c1-5-19-8-12-21(13-9-19)25(27)29-23-15-14-22(17(3)18(23)4)28-24(26)20-10-6-16(2)7-11-20;1-3-17-6-10-20(11-7-17)22(23)24-21-14-12-19(13-15-21)18-8-4-16(2)5-9-18;1-3-13-6-8-14(9-7-13)16(17)18-15-10-4-12(2)5-11-15/h5-15H,1H2,2-4H3;3,6-7,10-16,18H,1,4-5,8-9H2,2H3;3,6-9,12,15H,1,4-5,10-11H2,2H3. The van der Waals surface area contributed by atoms with Gasteiger partial charge in [-0.1, -0.05) is 131 Å². The van der Waals surface area contributed by atoms with Crippen LogP contribution in [0.25, 0.3) is 18.2 Å². The van der Waals surface area contributed by atoms with Gasteiger partial charge in [-0.15, -0.1) is 0 Å². The first kappa shape index (κ1) is 52.8. The molecule has 0 unspecified atom stereocenters. The summed E-state index contributed by atoms with van der Waals surface area (Å²) >= 11 is 0. The van der Waals surface area contributed by atoms with Crippen molar-refractivity contribution in [1.82, 2.24) is 0 Å². The highest BCUT2D eigenvalue weighted by atomic mass is 16.6. The van der Waals surface area contributed by atoms with E-state index in [-0.39, 0.29) is 18.0 Å². The van der Waals surface area contributed by atoms with Gasteiger partial charge in [0.05, 0.1) is 22.3 Å². The molecule has 8 rings (SSSR count).